The molecule has 2 aliphatic rings. The molecular formula is C18H20ClN5O4. The van der Waals surface area contributed by atoms with Gasteiger partial charge < -0.3 is 4.90 Å². The van der Waals surface area contributed by atoms with Crippen molar-refractivity contribution in [2.75, 3.05) is 39.3 Å². The molecule has 1 aromatic carbocycles. The van der Waals surface area contributed by atoms with Gasteiger partial charge in [-0.05, 0) is 24.3 Å². The maximum absolute atomic E-state index is 12.5. The number of amides is 5. The van der Waals surface area contributed by atoms with E-state index in [9.17, 15) is 19.2 Å². The topological polar surface area (TPSA) is 111 Å². The van der Waals surface area contributed by atoms with E-state index < -0.39 is 23.8 Å². The molecule has 0 aliphatic carbocycles. The van der Waals surface area contributed by atoms with E-state index in [-0.39, 0.29) is 5.91 Å². The Morgan fingerprint density at radius 3 is 2.29 bits per heavy atom. The van der Waals surface area contributed by atoms with Crippen molar-refractivity contribution in [2.45, 2.75) is 0 Å². The summed E-state index contributed by atoms with van der Waals surface area (Å²) in [6, 6.07) is 6.02. The van der Waals surface area contributed by atoms with Gasteiger partial charge in [0.15, 0.2) is 5.92 Å². The van der Waals surface area contributed by atoms with Crippen molar-refractivity contribution in [1.82, 2.24) is 20.4 Å². The number of carbonyl (C=O) groups is 4. The van der Waals surface area contributed by atoms with Crippen LogP contribution in [0.2, 0.25) is 5.02 Å². The summed E-state index contributed by atoms with van der Waals surface area (Å²) in [6.07, 6.45) is 1.26. The zero-order chi connectivity index (χ0) is 20.1. The molecule has 0 unspecified atom stereocenters. The number of hydrogen-bond donors (Lipinski definition) is 2. The fourth-order valence-corrected chi connectivity index (χ4v) is 3.12. The lowest BCUT2D eigenvalue weighted by Gasteiger charge is -2.34. The molecule has 0 saturated carbocycles. The number of nitrogens with zero attached hydrogens (tertiary/aromatic N) is 3. The molecule has 1 aromatic rings. The van der Waals surface area contributed by atoms with Gasteiger partial charge in [0.1, 0.15) is 0 Å². The number of hydrogen-bond acceptors (Lipinski definition) is 6. The zero-order valence-electron chi connectivity index (χ0n) is 15.1. The van der Waals surface area contributed by atoms with Crippen LogP contribution in [-0.2, 0) is 9.59 Å². The second-order valence-electron chi connectivity index (χ2n) is 6.48. The van der Waals surface area contributed by atoms with Gasteiger partial charge >= 0.3 is 6.03 Å². The average molecular weight is 406 g/mol. The molecule has 0 radical (unpaired) electrons. The van der Waals surface area contributed by atoms with Crippen molar-refractivity contribution >= 4 is 41.6 Å². The van der Waals surface area contributed by atoms with Crippen LogP contribution in [-0.4, -0.2) is 79.0 Å². The molecule has 3 rings (SSSR count). The molecule has 5 amide bonds. The third-order valence-corrected chi connectivity index (χ3v) is 4.84. The van der Waals surface area contributed by atoms with Crippen LogP contribution < -0.4 is 10.6 Å². The van der Waals surface area contributed by atoms with Crippen molar-refractivity contribution in [3.63, 3.8) is 0 Å². The normalized spacial score (nSPS) is 19.0. The summed E-state index contributed by atoms with van der Waals surface area (Å²) in [6.45, 7) is 3.72. The maximum Gasteiger partial charge on any atom is 0.328 e. The minimum absolute atomic E-state index is 0.0155. The predicted octanol–water partition coefficient (Wildman–Crippen LogP) is 0.151. The lowest BCUT2D eigenvalue weighted by atomic mass is 10.1. The van der Waals surface area contributed by atoms with Crippen molar-refractivity contribution in [3.05, 3.63) is 34.9 Å². The highest BCUT2D eigenvalue weighted by molar-refractivity contribution is 6.30. The van der Waals surface area contributed by atoms with Crippen molar-refractivity contribution in [3.8, 4) is 0 Å². The number of benzene rings is 1. The fourth-order valence-electron chi connectivity index (χ4n) is 2.99. The molecule has 0 atom stereocenters. The standard InChI is InChI=1S/C18H20ClN5O4/c19-13-3-1-12(2-4-13)17(27)24-9-7-23(8-10-24)6-5-20-11-14-15(25)21-18(28)22-16(14)26/h1-4,11,14H,5-10H2,(H2,21,22,25,26,28). The van der Waals surface area contributed by atoms with E-state index in [1.165, 1.54) is 6.21 Å². The number of halogens is 1. The van der Waals surface area contributed by atoms with Gasteiger partial charge in [-0.1, -0.05) is 11.6 Å². The van der Waals surface area contributed by atoms with Crippen LogP contribution in [0.5, 0.6) is 0 Å². The molecule has 0 spiro atoms. The number of aliphatic imine (C=N–C) groups is 1. The molecule has 2 saturated heterocycles. The van der Waals surface area contributed by atoms with Gasteiger partial charge in [0, 0.05) is 49.5 Å². The summed E-state index contributed by atoms with van der Waals surface area (Å²) < 4.78 is 0. The summed E-state index contributed by atoms with van der Waals surface area (Å²) >= 11 is 5.85. The van der Waals surface area contributed by atoms with Gasteiger partial charge in [-0.3, -0.25) is 34.9 Å². The molecule has 2 N–H and O–H groups in total. The minimum atomic E-state index is -1.09. The Bertz CT molecular complexity index is 783. The lowest BCUT2D eigenvalue weighted by molar-refractivity contribution is -0.132. The second kappa shape index (κ2) is 8.94. The van der Waals surface area contributed by atoms with Crippen LogP contribution in [0.15, 0.2) is 29.3 Å². The van der Waals surface area contributed by atoms with E-state index in [0.29, 0.717) is 49.9 Å². The van der Waals surface area contributed by atoms with Gasteiger partial charge in [-0.2, -0.15) is 0 Å². The van der Waals surface area contributed by atoms with Gasteiger partial charge in [-0.15, -0.1) is 0 Å². The van der Waals surface area contributed by atoms with Gasteiger partial charge in [-0.25, -0.2) is 4.79 Å². The lowest BCUT2D eigenvalue weighted by Crippen LogP contribution is -2.56. The van der Waals surface area contributed by atoms with E-state index >= 15 is 0 Å². The SMILES string of the molecule is O=C1NC(=O)C(C=NCCN2CCN(C(=O)c3ccc(Cl)cc3)CC2)C(=O)N1. The number of urea groups is 1. The van der Waals surface area contributed by atoms with Crippen LogP contribution in [0.25, 0.3) is 0 Å². The van der Waals surface area contributed by atoms with Crippen LogP contribution in [0.4, 0.5) is 4.79 Å². The molecule has 10 heteroatoms. The average Bonchev–Trinajstić information content (AvgIpc) is 2.67. The van der Waals surface area contributed by atoms with E-state index in [1.54, 1.807) is 29.2 Å². The Hall–Kier alpha value is -2.78. The molecule has 9 nitrogen and oxygen atoms in total. The van der Waals surface area contributed by atoms with Crippen molar-refractivity contribution in [2.24, 2.45) is 10.9 Å². The van der Waals surface area contributed by atoms with E-state index in [2.05, 4.69) is 9.89 Å². The number of barbiturate groups is 1. The summed E-state index contributed by atoms with van der Waals surface area (Å²) in [5.41, 5.74) is 0.616. The van der Waals surface area contributed by atoms with Gasteiger partial charge in [0.25, 0.3) is 5.91 Å². The number of nitrogens with one attached hydrogen (secondary N) is 2. The minimum Gasteiger partial charge on any atom is -0.336 e. The van der Waals surface area contributed by atoms with E-state index in [4.69, 9.17) is 11.6 Å². The van der Waals surface area contributed by atoms with Gasteiger partial charge in [0.05, 0.1) is 6.54 Å². The zero-order valence-corrected chi connectivity index (χ0v) is 15.8. The highest BCUT2D eigenvalue weighted by Gasteiger charge is 2.32. The largest absolute Gasteiger partial charge is 0.336 e. The third-order valence-electron chi connectivity index (χ3n) is 4.59. The van der Waals surface area contributed by atoms with Crippen LogP contribution in [0.3, 0.4) is 0 Å². The molecule has 0 bridgehead atoms. The first-order valence-electron chi connectivity index (χ1n) is 8.87. The molecule has 2 aliphatic heterocycles. The van der Waals surface area contributed by atoms with Crippen LogP contribution >= 0.6 is 11.6 Å². The Balaban J connectivity index is 1.41. The smallest absolute Gasteiger partial charge is 0.328 e. The number of rotatable bonds is 5. The summed E-state index contributed by atoms with van der Waals surface area (Å²) in [4.78, 5) is 54.8. The molecule has 148 valence electrons. The Morgan fingerprint density at radius 1 is 1.07 bits per heavy atom. The predicted molar refractivity (Wildman–Crippen MR) is 102 cm³/mol. The Labute approximate surface area is 166 Å². The quantitative estimate of drug-likeness (QED) is 0.535. The number of carbonyl (C=O) groups excluding carboxylic acids is 4. The Morgan fingerprint density at radius 2 is 1.68 bits per heavy atom. The maximum atomic E-state index is 12.5. The van der Waals surface area contributed by atoms with Crippen molar-refractivity contribution in [1.29, 1.82) is 0 Å². The van der Waals surface area contributed by atoms with Crippen LogP contribution in [0.1, 0.15) is 10.4 Å². The van der Waals surface area contributed by atoms with E-state index in [1.807, 2.05) is 10.6 Å². The first-order valence-corrected chi connectivity index (χ1v) is 9.24. The Kier molecular flexibility index (Phi) is 6.37. The second-order valence-corrected chi connectivity index (χ2v) is 6.92. The van der Waals surface area contributed by atoms with Gasteiger partial charge in [0.2, 0.25) is 11.8 Å². The summed E-state index contributed by atoms with van der Waals surface area (Å²) in [7, 11) is 0. The van der Waals surface area contributed by atoms with Crippen molar-refractivity contribution < 1.29 is 19.2 Å². The molecule has 28 heavy (non-hydrogen) atoms. The number of piperazine rings is 1. The monoisotopic (exact) mass is 405 g/mol. The molecule has 2 heterocycles. The first-order chi connectivity index (χ1) is 13.4. The fraction of sp³-hybridized carbons (Fsp3) is 0.389. The highest BCUT2D eigenvalue weighted by Crippen LogP contribution is 2.13. The molecular weight excluding hydrogens is 386 g/mol. The molecule has 2 fully saturated rings. The molecule has 0 aromatic heterocycles. The van der Waals surface area contributed by atoms with E-state index in [0.717, 1.165) is 0 Å². The highest BCUT2D eigenvalue weighted by atomic mass is 35.5. The summed E-state index contributed by atoms with van der Waals surface area (Å²) in [5, 5.41) is 4.65. The third kappa shape index (κ3) is 4.93. The summed E-state index contributed by atoms with van der Waals surface area (Å²) in [5.74, 6) is -2.46. The van der Waals surface area contributed by atoms with Crippen LogP contribution in [0, 0.1) is 5.92 Å². The first kappa shape index (κ1) is 20.0. The number of imide groups is 2.